The van der Waals surface area contributed by atoms with Gasteiger partial charge in [-0.3, -0.25) is 9.97 Å². The van der Waals surface area contributed by atoms with Gasteiger partial charge in [-0.25, -0.2) is 0 Å². The Hall–Kier alpha value is -4.15. The van der Waals surface area contributed by atoms with Crippen molar-refractivity contribution in [3.63, 3.8) is 0 Å². The van der Waals surface area contributed by atoms with Gasteiger partial charge in [0.05, 0.1) is 33.4 Å². The van der Waals surface area contributed by atoms with Crippen molar-refractivity contribution >= 4 is 55.2 Å². The topological polar surface area (TPSA) is 60.4 Å². The van der Waals surface area contributed by atoms with Gasteiger partial charge in [-0.2, -0.15) is 0 Å². The first-order valence-corrected chi connectivity index (χ1v) is 20.4. The van der Waals surface area contributed by atoms with E-state index in [0.717, 1.165) is 79.1 Å². The van der Waals surface area contributed by atoms with Crippen LogP contribution in [0.15, 0.2) is 48.8 Å². The summed E-state index contributed by atoms with van der Waals surface area (Å²) in [6.45, 7) is 33.0. The monoisotopic (exact) mass is 933 g/mol. The fourth-order valence-electron chi connectivity index (χ4n) is 11.4. The minimum Gasteiger partial charge on any atom is -0.352 e. The van der Waals surface area contributed by atoms with E-state index in [0.29, 0.717) is 0 Å². The molecule has 10 rings (SSSR count). The number of aromatic nitrogens is 6. The number of pyridine rings is 4. The Labute approximate surface area is 351 Å². The van der Waals surface area contributed by atoms with Crippen molar-refractivity contribution in [1.82, 2.24) is 28.7 Å². The molecule has 0 saturated carbocycles. The molecular weight excluding hydrogens is 880 g/mol. The fraction of sp³-hybridized carbons (Fsp3) is 0.440. The standard InChI is InChI=1S/C50H54N6.Pt/c1-45(2,3)27-21-31(37-33(23-27)55-41-35(47(7,8)25-49(41,11)12)39-29(43(55)53-37)17-15-19-51-39)32-22-28(46(4,5)6)24-34-38(32)54-44-30-18-16-20-52-40(30)36-42(56(34)44)50(13,14)26-48(36,9)10;/h15-16,19-24H,25-26H2,1-14H3;/q-2;+2. The van der Waals surface area contributed by atoms with Gasteiger partial charge >= 0.3 is 21.1 Å². The molecule has 0 bridgehead atoms. The molecule has 0 fully saturated rings. The average Bonchev–Trinajstić information content (AvgIpc) is 3.77. The van der Waals surface area contributed by atoms with E-state index in [2.05, 4.69) is 142 Å². The van der Waals surface area contributed by atoms with Crippen molar-refractivity contribution in [3.8, 4) is 11.1 Å². The maximum atomic E-state index is 5.68. The fourth-order valence-corrected chi connectivity index (χ4v) is 11.4. The third-order valence-corrected chi connectivity index (χ3v) is 13.3. The van der Waals surface area contributed by atoms with Gasteiger partial charge in [-0.15, -0.1) is 24.3 Å². The van der Waals surface area contributed by atoms with Crippen LogP contribution in [0.25, 0.3) is 66.3 Å². The van der Waals surface area contributed by atoms with Crippen LogP contribution in [-0.2, 0) is 53.6 Å². The van der Waals surface area contributed by atoms with E-state index in [1.165, 1.54) is 33.6 Å². The van der Waals surface area contributed by atoms with Crippen LogP contribution in [0.2, 0.25) is 0 Å². The summed E-state index contributed by atoms with van der Waals surface area (Å²) in [7, 11) is 0. The third kappa shape index (κ3) is 5.17. The zero-order valence-electron chi connectivity index (χ0n) is 36.0. The Morgan fingerprint density at radius 2 is 0.895 bits per heavy atom. The summed E-state index contributed by atoms with van der Waals surface area (Å²) in [6.07, 6.45) is 5.83. The molecule has 294 valence electrons. The Bertz CT molecular complexity index is 2840. The van der Waals surface area contributed by atoms with Crippen LogP contribution in [0.1, 0.15) is 143 Å². The van der Waals surface area contributed by atoms with Crippen LogP contribution in [0.4, 0.5) is 0 Å². The molecule has 0 aliphatic heterocycles. The number of hydrogen-bond acceptors (Lipinski definition) is 4. The van der Waals surface area contributed by atoms with Crippen LogP contribution in [0, 0.1) is 12.1 Å². The van der Waals surface area contributed by atoms with Crippen molar-refractivity contribution in [2.75, 3.05) is 0 Å². The molecule has 6 aromatic heterocycles. The molecule has 6 nitrogen and oxygen atoms in total. The molecular formula is C50H54N6Pt. The molecule has 2 aromatic carbocycles. The first-order valence-electron chi connectivity index (χ1n) is 20.4. The number of nitrogens with zero attached hydrogens (tertiary/aromatic N) is 6. The molecule has 0 atom stereocenters. The summed E-state index contributed by atoms with van der Waals surface area (Å²) < 4.78 is 4.97. The van der Waals surface area contributed by atoms with E-state index < -0.39 is 0 Å². The predicted octanol–water partition coefficient (Wildman–Crippen LogP) is 12.2. The van der Waals surface area contributed by atoms with E-state index in [1.807, 2.05) is 24.5 Å². The van der Waals surface area contributed by atoms with Crippen molar-refractivity contribution in [3.05, 3.63) is 94.6 Å². The third-order valence-electron chi connectivity index (χ3n) is 13.3. The number of imidazole rings is 2. The molecule has 2 aliphatic rings. The maximum Gasteiger partial charge on any atom is 2.00 e. The van der Waals surface area contributed by atoms with E-state index in [-0.39, 0.29) is 53.6 Å². The predicted molar refractivity (Wildman–Crippen MR) is 231 cm³/mol. The number of benzene rings is 2. The number of rotatable bonds is 1. The molecule has 6 heterocycles. The van der Waals surface area contributed by atoms with Gasteiger partial charge in [0.25, 0.3) is 0 Å². The zero-order valence-corrected chi connectivity index (χ0v) is 38.3. The zero-order chi connectivity index (χ0) is 39.9. The second-order valence-corrected chi connectivity index (χ2v) is 21.8. The van der Waals surface area contributed by atoms with E-state index in [9.17, 15) is 0 Å². The average molecular weight is 934 g/mol. The second kappa shape index (κ2) is 11.5. The largest absolute Gasteiger partial charge is 2.00 e. The molecule has 8 aromatic rings. The summed E-state index contributed by atoms with van der Waals surface area (Å²) in [5.74, 6) is 0. The van der Waals surface area contributed by atoms with Crippen LogP contribution in [-0.4, -0.2) is 28.7 Å². The molecule has 0 N–H and O–H groups in total. The normalized spacial score (nSPS) is 18.3. The van der Waals surface area contributed by atoms with Gasteiger partial charge in [0, 0.05) is 33.3 Å². The second-order valence-electron chi connectivity index (χ2n) is 21.8. The first kappa shape index (κ1) is 38.4. The van der Waals surface area contributed by atoms with E-state index >= 15 is 0 Å². The van der Waals surface area contributed by atoms with Crippen LogP contribution >= 0.6 is 0 Å². The summed E-state index contributed by atoms with van der Waals surface area (Å²) in [5.41, 5.74) is 17.6. The Kier molecular flexibility index (Phi) is 7.76. The van der Waals surface area contributed by atoms with Gasteiger partial charge in [-0.05, 0) is 92.1 Å². The smallest absolute Gasteiger partial charge is 0.352 e. The van der Waals surface area contributed by atoms with Crippen molar-refractivity contribution in [2.24, 2.45) is 0 Å². The van der Waals surface area contributed by atoms with Crippen molar-refractivity contribution < 1.29 is 21.1 Å². The van der Waals surface area contributed by atoms with Gasteiger partial charge in [0.2, 0.25) is 0 Å². The number of fused-ring (bicyclic) bond motifs is 16. The van der Waals surface area contributed by atoms with E-state index in [1.54, 1.807) is 0 Å². The molecule has 0 saturated heterocycles. The quantitative estimate of drug-likeness (QED) is 0.154. The molecule has 0 amide bonds. The van der Waals surface area contributed by atoms with Gasteiger partial charge in [0.1, 0.15) is 0 Å². The summed E-state index contributed by atoms with van der Waals surface area (Å²) in [4.78, 5) is 21.4. The number of hydrogen-bond donors (Lipinski definition) is 0. The van der Waals surface area contributed by atoms with Crippen molar-refractivity contribution in [1.29, 1.82) is 0 Å². The Morgan fingerprint density at radius 1 is 0.526 bits per heavy atom. The molecule has 7 heteroatoms. The SMILES string of the molecule is CC(C)(C)c1cc(-c2cc(C(C)(C)C)cc3c2nc2c4[c-]ccnc4c4c(n32)C(C)(C)CC4(C)C)c2nc3c4[c-]ccnc4c4c(n3c2c1)C(C)(C)CC4(C)C.[Pt+2]. The van der Waals surface area contributed by atoms with Crippen molar-refractivity contribution in [2.45, 2.75) is 142 Å². The van der Waals surface area contributed by atoms with Gasteiger partial charge in [0.15, 0.2) is 0 Å². The Balaban J connectivity index is 0.00000422. The van der Waals surface area contributed by atoms with Gasteiger partial charge in [-0.1, -0.05) is 120 Å². The molecule has 2 aliphatic carbocycles. The maximum absolute atomic E-state index is 5.68. The Morgan fingerprint density at radius 3 is 1.25 bits per heavy atom. The minimum absolute atomic E-state index is 0. The first-order chi connectivity index (χ1) is 26.0. The molecule has 57 heavy (non-hydrogen) atoms. The van der Waals surface area contributed by atoms with E-state index in [4.69, 9.17) is 19.9 Å². The van der Waals surface area contributed by atoms with Crippen LogP contribution < -0.4 is 0 Å². The molecule has 0 spiro atoms. The van der Waals surface area contributed by atoms with Crippen LogP contribution in [0.5, 0.6) is 0 Å². The van der Waals surface area contributed by atoms with Crippen LogP contribution in [0.3, 0.4) is 0 Å². The van der Waals surface area contributed by atoms with Gasteiger partial charge < -0.3 is 18.8 Å². The molecule has 0 unspecified atom stereocenters. The summed E-state index contributed by atoms with van der Waals surface area (Å²) in [6, 6.07) is 20.7. The summed E-state index contributed by atoms with van der Waals surface area (Å²) >= 11 is 0. The summed E-state index contributed by atoms with van der Waals surface area (Å²) in [5, 5.41) is 1.96. The minimum atomic E-state index is -0.123. The molecule has 0 radical (unpaired) electrons.